The minimum absolute atomic E-state index is 0.347. The summed E-state index contributed by atoms with van der Waals surface area (Å²) in [6.07, 6.45) is 5.06. The standard InChI is InChI=1S/C12H9N5O/c13-10(18)9-4-2-6-17-12(9)15-11(16-17)8-3-1-5-14-7-8/h1-7H,(H2,13,18). The molecule has 0 aliphatic rings. The van der Waals surface area contributed by atoms with Gasteiger partial charge in [0.05, 0.1) is 5.56 Å². The number of pyridine rings is 2. The predicted octanol–water partition coefficient (Wildman–Crippen LogP) is 0.890. The second-order valence-electron chi connectivity index (χ2n) is 3.73. The van der Waals surface area contributed by atoms with Gasteiger partial charge in [0.1, 0.15) is 0 Å². The number of primary amides is 1. The number of hydrogen-bond donors (Lipinski definition) is 1. The maximum atomic E-state index is 11.3. The number of amides is 1. The Morgan fingerprint density at radius 1 is 1.28 bits per heavy atom. The highest BCUT2D eigenvalue weighted by Crippen LogP contribution is 2.16. The Balaban J connectivity index is 2.23. The van der Waals surface area contributed by atoms with E-state index in [-0.39, 0.29) is 0 Å². The predicted molar refractivity (Wildman–Crippen MR) is 64.7 cm³/mol. The van der Waals surface area contributed by atoms with Crippen LogP contribution in [0.3, 0.4) is 0 Å². The van der Waals surface area contributed by atoms with Crippen LogP contribution in [0.2, 0.25) is 0 Å². The highest BCUT2D eigenvalue weighted by Gasteiger charge is 2.12. The first-order valence-corrected chi connectivity index (χ1v) is 5.31. The normalized spacial score (nSPS) is 10.7. The van der Waals surface area contributed by atoms with E-state index in [4.69, 9.17) is 5.73 Å². The fraction of sp³-hybridized carbons (Fsp3) is 0. The van der Waals surface area contributed by atoms with Crippen LogP contribution in [-0.2, 0) is 0 Å². The lowest BCUT2D eigenvalue weighted by Crippen LogP contribution is -2.12. The fourth-order valence-corrected chi connectivity index (χ4v) is 1.72. The maximum absolute atomic E-state index is 11.3. The third-order valence-electron chi connectivity index (χ3n) is 2.55. The molecule has 6 nitrogen and oxygen atoms in total. The summed E-state index contributed by atoms with van der Waals surface area (Å²) in [5, 5.41) is 4.28. The SMILES string of the molecule is NC(=O)c1cccn2nc(-c3cccnc3)nc12. The number of nitrogens with two attached hydrogens (primary N) is 1. The van der Waals surface area contributed by atoms with Gasteiger partial charge in [-0.15, -0.1) is 5.10 Å². The second-order valence-corrected chi connectivity index (χ2v) is 3.73. The minimum Gasteiger partial charge on any atom is -0.365 e. The van der Waals surface area contributed by atoms with Gasteiger partial charge in [0.2, 0.25) is 0 Å². The van der Waals surface area contributed by atoms with Crippen molar-refractivity contribution in [2.75, 3.05) is 0 Å². The summed E-state index contributed by atoms with van der Waals surface area (Å²) in [5.74, 6) is -0.0115. The summed E-state index contributed by atoms with van der Waals surface area (Å²) in [4.78, 5) is 19.6. The monoisotopic (exact) mass is 239 g/mol. The summed E-state index contributed by atoms with van der Waals surface area (Å²) in [6.45, 7) is 0. The van der Waals surface area contributed by atoms with Gasteiger partial charge in [-0.2, -0.15) is 0 Å². The van der Waals surface area contributed by atoms with Crippen LogP contribution in [0.25, 0.3) is 17.0 Å². The van der Waals surface area contributed by atoms with Crippen LogP contribution in [0, 0.1) is 0 Å². The van der Waals surface area contributed by atoms with E-state index in [1.807, 2.05) is 6.07 Å². The molecule has 2 N–H and O–H groups in total. The average molecular weight is 239 g/mol. The Kier molecular flexibility index (Phi) is 2.26. The number of carbonyl (C=O) groups excluding carboxylic acids is 1. The zero-order valence-corrected chi connectivity index (χ0v) is 9.32. The van der Waals surface area contributed by atoms with Gasteiger partial charge in [0.25, 0.3) is 5.91 Å². The van der Waals surface area contributed by atoms with Crippen molar-refractivity contribution in [2.45, 2.75) is 0 Å². The molecule has 3 heterocycles. The number of fused-ring (bicyclic) bond motifs is 1. The van der Waals surface area contributed by atoms with Gasteiger partial charge in [-0.3, -0.25) is 9.78 Å². The molecule has 0 aliphatic carbocycles. The summed E-state index contributed by atoms with van der Waals surface area (Å²) < 4.78 is 1.53. The van der Waals surface area contributed by atoms with Crippen molar-refractivity contribution in [3.8, 4) is 11.4 Å². The third kappa shape index (κ3) is 1.60. The first-order chi connectivity index (χ1) is 8.75. The molecule has 0 radical (unpaired) electrons. The molecule has 0 spiro atoms. The van der Waals surface area contributed by atoms with Crippen molar-refractivity contribution in [3.63, 3.8) is 0 Å². The van der Waals surface area contributed by atoms with Crippen molar-refractivity contribution in [3.05, 3.63) is 48.4 Å². The van der Waals surface area contributed by atoms with E-state index in [2.05, 4.69) is 15.1 Å². The number of rotatable bonds is 2. The molecule has 6 heteroatoms. The van der Waals surface area contributed by atoms with Gasteiger partial charge in [-0.25, -0.2) is 9.50 Å². The average Bonchev–Trinajstić information content (AvgIpc) is 2.83. The summed E-state index contributed by atoms with van der Waals surface area (Å²) in [5.41, 5.74) is 6.88. The highest BCUT2D eigenvalue weighted by molar-refractivity contribution is 5.98. The molecule has 3 aromatic rings. The molecule has 0 atom stereocenters. The first-order valence-electron chi connectivity index (χ1n) is 5.31. The van der Waals surface area contributed by atoms with Crippen LogP contribution >= 0.6 is 0 Å². The molecule has 0 fully saturated rings. The topological polar surface area (TPSA) is 86.2 Å². The molecule has 0 unspecified atom stereocenters. The zero-order chi connectivity index (χ0) is 12.5. The second kappa shape index (κ2) is 3.92. The van der Waals surface area contributed by atoms with Crippen LogP contribution < -0.4 is 5.73 Å². The smallest absolute Gasteiger partial charge is 0.252 e. The van der Waals surface area contributed by atoms with E-state index in [0.717, 1.165) is 5.56 Å². The molecule has 0 aliphatic heterocycles. The van der Waals surface area contributed by atoms with Crippen LogP contribution in [0.5, 0.6) is 0 Å². The van der Waals surface area contributed by atoms with Crippen LogP contribution in [0.15, 0.2) is 42.9 Å². The molecule has 0 bridgehead atoms. The van der Waals surface area contributed by atoms with Crippen molar-refractivity contribution < 1.29 is 4.79 Å². The lowest BCUT2D eigenvalue weighted by Gasteiger charge is -1.95. The Morgan fingerprint density at radius 3 is 2.89 bits per heavy atom. The lowest BCUT2D eigenvalue weighted by atomic mass is 10.2. The maximum Gasteiger partial charge on any atom is 0.252 e. The van der Waals surface area contributed by atoms with E-state index in [1.54, 1.807) is 36.8 Å². The minimum atomic E-state index is -0.522. The van der Waals surface area contributed by atoms with E-state index in [9.17, 15) is 4.79 Å². The van der Waals surface area contributed by atoms with E-state index < -0.39 is 5.91 Å². The van der Waals surface area contributed by atoms with Crippen LogP contribution in [0.1, 0.15) is 10.4 Å². The summed E-state index contributed by atoms with van der Waals surface area (Å²) >= 11 is 0. The van der Waals surface area contributed by atoms with Gasteiger partial charge in [0.15, 0.2) is 11.5 Å². The van der Waals surface area contributed by atoms with Crippen molar-refractivity contribution in [2.24, 2.45) is 5.73 Å². The molecule has 0 saturated heterocycles. The third-order valence-corrected chi connectivity index (χ3v) is 2.55. The molecule has 3 aromatic heterocycles. The van der Waals surface area contributed by atoms with Gasteiger partial charge in [0, 0.05) is 24.2 Å². The van der Waals surface area contributed by atoms with Gasteiger partial charge < -0.3 is 5.73 Å². The van der Waals surface area contributed by atoms with Crippen molar-refractivity contribution in [1.82, 2.24) is 19.6 Å². The fourth-order valence-electron chi connectivity index (χ4n) is 1.72. The van der Waals surface area contributed by atoms with Gasteiger partial charge in [-0.1, -0.05) is 0 Å². The molecule has 0 saturated carbocycles. The number of carbonyl (C=O) groups is 1. The Morgan fingerprint density at radius 2 is 2.17 bits per heavy atom. The molecule has 3 rings (SSSR count). The quantitative estimate of drug-likeness (QED) is 0.719. The molecule has 18 heavy (non-hydrogen) atoms. The zero-order valence-electron chi connectivity index (χ0n) is 9.32. The molecular weight excluding hydrogens is 230 g/mol. The summed E-state index contributed by atoms with van der Waals surface area (Å²) in [7, 11) is 0. The van der Waals surface area contributed by atoms with Crippen LogP contribution in [0.4, 0.5) is 0 Å². The lowest BCUT2D eigenvalue weighted by molar-refractivity contribution is 0.100. The van der Waals surface area contributed by atoms with Gasteiger partial charge in [-0.05, 0) is 24.3 Å². The Labute approximate surface area is 102 Å². The first kappa shape index (κ1) is 10.4. The largest absolute Gasteiger partial charge is 0.365 e. The van der Waals surface area contributed by atoms with Crippen molar-refractivity contribution in [1.29, 1.82) is 0 Å². The molecule has 0 aromatic carbocycles. The number of aromatic nitrogens is 4. The molecular formula is C12H9N5O. The highest BCUT2D eigenvalue weighted by atomic mass is 16.1. The van der Waals surface area contributed by atoms with Gasteiger partial charge >= 0.3 is 0 Å². The Hall–Kier alpha value is -2.76. The molecule has 88 valence electrons. The van der Waals surface area contributed by atoms with Crippen molar-refractivity contribution >= 4 is 11.6 Å². The molecule has 1 amide bonds. The summed E-state index contributed by atoms with van der Waals surface area (Å²) in [6, 6.07) is 6.98. The number of hydrogen-bond acceptors (Lipinski definition) is 4. The Bertz CT molecular complexity index is 720. The number of nitrogens with zero attached hydrogens (tertiary/aromatic N) is 4. The van der Waals surface area contributed by atoms with E-state index in [0.29, 0.717) is 17.0 Å². The van der Waals surface area contributed by atoms with Crippen LogP contribution in [-0.4, -0.2) is 25.5 Å². The van der Waals surface area contributed by atoms with E-state index in [1.165, 1.54) is 4.52 Å². The van der Waals surface area contributed by atoms with E-state index >= 15 is 0 Å².